The minimum atomic E-state index is -0.749. The fraction of sp³-hybridized carbons (Fsp3) is 0.333. The first-order valence-corrected chi connectivity index (χ1v) is 2.52. The fourth-order valence-corrected chi connectivity index (χ4v) is 0.393. The molecule has 5 nitrogen and oxygen atoms in total. The highest BCUT2D eigenvalue weighted by atomic mass is 32.1. The summed E-state index contributed by atoms with van der Waals surface area (Å²) in [5, 5.41) is 12.5. The minimum absolute atomic E-state index is 0.0185. The molecule has 0 aromatic carbocycles. The number of carbonyl (C=O) groups is 1. The van der Waals surface area contributed by atoms with Crippen molar-refractivity contribution in [3.8, 4) is 0 Å². The van der Waals surface area contributed by atoms with Gasteiger partial charge >= 0.3 is 6.03 Å². The van der Waals surface area contributed by atoms with Crippen molar-refractivity contribution in [1.82, 2.24) is 10.6 Å². The number of primary amides is 1. The van der Waals surface area contributed by atoms with Crippen LogP contribution in [0.25, 0.3) is 0 Å². The van der Waals surface area contributed by atoms with Crippen molar-refractivity contribution in [3.05, 3.63) is 0 Å². The van der Waals surface area contributed by atoms with E-state index in [2.05, 4.69) is 23.3 Å². The maximum atomic E-state index is 9.99. The van der Waals surface area contributed by atoms with E-state index < -0.39 is 6.03 Å². The predicted molar refractivity (Wildman–Crippen MR) is 35.5 cm³/mol. The van der Waals surface area contributed by atoms with Gasteiger partial charge in [-0.1, -0.05) is 0 Å². The van der Waals surface area contributed by atoms with Crippen LogP contribution in [0.3, 0.4) is 0 Å². The highest BCUT2D eigenvalue weighted by Gasteiger charge is 1.94. The number of thiocarbonyl (C=S) groups is 1. The molecule has 0 aliphatic carbocycles. The zero-order valence-corrected chi connectivity index (χ0v) is 5.36. The van der Waals surface area contributed by atoms with Gasteiger partial charge in [-0.25, -0.2) is 4.79 Å². The van der Waals surface area contributed by atoms with Gasteiger partial charge in [-0.15, -0.1) is 0 Å². The lowest BCUT2D eigenvalue weighted by molar-refractivity contribution is 0.252. The zero-order valence-electron chi connectivity index (χ0n) is 4.55. The summed E-state index contributed by atoms with van der Waals surface area (Å²) >= 11 is 4.45. The van der Waals surface area contributed by atoms with Gasteiger partial charge in [0.2, 0.25) is 0 Å². The summed E-state index contributed by atoms with van der Waals surface area (Å²) in [5.74, 6) is 0. The first-order valence-electron chi connectivity index (χ1n) is 2.12. The molecule has 52 valence electrons. The number of hydrogen-bond donors (Lipinski definition) is 4. The molecule has 0 atom stereocenters. The highest BCUT2D eigenvalue weighted by Crippen LogP contribution is 1.62. The molecule has 0 spiro atoms. The first-order chi connectivity index (χ1) is 4.16. The monoisotopic (exact) mass is 149 g/mol. The van der Waals surface area contributed by atoms with Crippen LogP contribution in [-0.4, -0.2) is 23.0 Å². The summed E-state index contributed by atoms with van der Waals surface area (Å²) in [7, 11) is 0. The van der Waals surface area contributed by atoms with Gasteiger partial charge in [0.1, 0.15) is 6.73 Å². The van der Waals surface area contributed by atoms with Crippen LogP contribution in [0, 0.1) is 0 Å². The van der Waals surface area contributed by atoms with Gasteiger partial charge in [-0.3, -0.25) is 5.32 Å². The second-order valence-electron chi connectivity index (χ2n) is 1.15. The van der Waals surface area contributed by atoms with Gasteiger partial charge in [0.25, 0.3) is 0 Å². The smallest absolute Gasteiger partial charge is 0.318 e. The van der Waals surface area contributed by atoms with Crippen LogP contribution in [-0.2, 0) is 0 Å². The number of urea groups is 1. The van der Waals surface area contributed by atoms with E-state index in [9.17, 15) is 4.79 Å². The summed E-state index contributed by atoms with van der Waals surface area (Å²) in [6, 6.07) is -0.749. The van der Waals surface area contributed by atoms with Crippen LogP contribution < -0.4 is 16.4 Å². The molecule has 9 heavy (non-hydrogen) atoms. The van der Waals surface area contributed by atoms with Crippen molar-refractivity contribution >= 4 is 23.4 Å². The molecule has 0 unspecified atom stereocenters. The molecule has 2 amide bonds. The normalized spacial score (nSPS) is 8.11. The van der Waals surface area contributed by atoms with E-state index in [-0.39, 0.29) is 11.8 Å². The van der Waals surface area contributed by atoms with Crippen molar-refractivity contribution in [2.75, 3.05) is 6.73 Å². The number of aliphatic hydroxyl groups excluding tert-OH is 1. The standard InChI is InChI=1S/C3H7N3O2S/c4-2(8)6-3(9)5-1-7/h7H,1H2,(H4,4,5,6,8,9). The van der Waals surface area contributed by atoms with Crippen molar-refractivity contribution in [1.29, 1.82) is 0 Å². The molecular weight excluding hydrogens is 142 g/mol. The van der Waals surface area contributed by atoms with Gasteiger partial charge in [0, 0.05) is 0 Å². The number of amides is 2. The maximum absolute atomic E-state index is 9.99. The Hall–Kier alpha value is -0.880. The molecule has 0 saturated heterocycles. The molecule has 0 aromatic rings. The number of aliphatic hydroxyl groups is 1. The van der Waals surface area contributed by atoms with Crippen molar-refractivity contribution in [2.45, 2.75) is 0 Å². The molecule has 0 radical (unpaired) electrons. The lowest BCUT2D eigenvalue weighted by atomic mass is 10.9. The van der Waals surface area contributed by atoms with E-state index in [1.54, 1.807) is 0 Å². The Balaban J connectivity index is 3.39. The van der Waals surface area contributed by atoms with Crippen LogP contribution >= 0.6 is 12.2 Å². The number of nitrogens with two attached hydrogens (primary N) is 1. The first kappa shape index (κ1) is 8.12. The number of rotatable bonds is 1. The lowest BCUT2D eigenvalue weighted by Gasteiger charge is -2.02. The van der Waals surface area contributed by atoms with Crippen molar-refractivity contribution < 1.29 is 9.90 Å². The topological polar surface area (TPSA) is 87.4 Å². The molecule has 5 N–H and O–H groups in total. The van der Waals surface area contributed by atoms with E-state index >= 15 is 0 Å². The zero-order chi connectivity index (χ0) is 7.28. The molecule has 0 saturated carbocycles. The Labute approximate surface area is 57.2 Å². The predicted octanol–water partition coefficient (Wildman–Crippen LogP) is -1.52. The Morgan fingerprint density at radius 1 is 1.78 bits per heavy atom. The van der Waals surface area contributed by atoms with E-state index in [0.717, 1.165) is 0 Å². The highest BCUT2D eigenvalue weighted by molar-refractivity contribution is 7.80. The van der Waals surface area contributed by atoms with E-state index in [1.807, 2.05) is 5.32 Å². The fourth-order valence-electron chi connectivity index (χ4n) is 0.228. The van der Waals surface area contributed by atoms with Gasteiger partial charge in [0.05, 0.1) is 0 Å². The summed E-state index contributed by atoms with van der Waals surface area (Å²) < 4.78 is 0. The van der Waals surface area contributed by atoms with Crippen LogP contribution in [0.5, 0.6) is 0 Å². The number of nitrogens with one attached hydrogen (secondary N) is 2. The molecule has 0 aliphatic heterocycles. The largest absolute Gasteiger partial charge is 0.377 e. The van der Waals surface area contributed by atoms with Gasteiger partial charge < -0.3 is 16.2 Å². The second-order valence-corrected chi connectivity index (χ2v) is 1.56. The summed E-state index contributed by atoms with van der Waals surface area (Å²) in [6.07, 6.45) is 0. The van der Waals surface area contributed by atoms with E-state index in [0.29, 0.717) is 0 Å². The van der Waals surface area contributed by atoms with Crippen LogP contribution in [0.1, 0.15) is 0 Å². The molecule has 0 aromatic heterocycles. The Morgan fingerprint density at radius 3 is 2.67 bits per heavy atom. The second kappa shape index (κ2) is 4.04. The third kappa shape index (κ3) is 4.98. The third-order valence-electron chi connectivity index (χ3n) is 0.476. The van der Waals surface area contributed by atoms with Gasteiger partial charge in [-0.2, -0.15) is 0 Å². The quantitative estimate of drug-likeness (QED) is 0.269. The number of carbonyl (C=O) groups excluding carboxylic acids is 1. The molecule has 0 rings (SSSR count). The average molecular weight is 149 g/mol. The molecule has 6 heteroatoms. The lowest BCUT2D eigenvalue weighted by Crippen LogP contribution is -2.42. The summed E-state index contributed by atoms with van der Waals surface area (Å²) in [4.78, 5) is 9.99. The molecule has 0 bridgehead atoms. The molecule has 0 heterocycles. The van der Waals surface area contributed by atoms with Gasteiger partial charge in [-0.05, 0) is 12.2 Å². The Bertz CT molecular complexity index is 126. The Kier molecular flexibility index (Phi) is 3.65. The molecular formula is C3H7N3O2S. The Morgan fingerprint density at radius 2 is 2.33 bits per heavy atom. The van der Waals surface area contributed by atoms with Crippen molar-refractivity contribution in [3.63, 3.8) is 0 Å². The SMILES string of the molecule is NC(=O)NC(=S)NCO. The molecule has 0 fully saturated rings. The minimum Gasteiger partial charge on any atom is -0.377 e. The summed E-state index contributed by atoms with van der Waals surface area (Å²) in [6.45, 7) is -0.320. The average Bonchev–Trinajstić information content (AvgIpc) is 1.63. The van der Waals surface area contributed by atoms with E-state index in [4.69, 9.17) is 5.11 Å². The summed E-state index contributed by atoms with van der Waals surface area (Å²) in [5.41, 5.74) is 4.66. The van der Waals surface area contributed by atoms with E-state index in [1.165, 1.54) is 0 Å². The molecule has 0 aliphatic rings. The third-order valence-corrected chi connectivity index (χ3v) is 0.723. The maximum Gasteiger partial charge on any atom is 0.318 e. The van der Waals surface area contributed by atoms with Crippen molar-refractivity contribution in [2.24, 2.45) is 5.73 Å². The van der Waals surface area contributed by atoms with Crippen LogP contribution in [0.4, 0.5) is 4.79 Å². The number of hydrogen-bond acceptors (Lipinski definition) is 3. The van der Waals surface area contributed by atoms with Gasteiger partial charge in [0.15, 0.2) is 5.11 Å². The van der Waals surface area contributed by atoms with Crippen LogP contribution in [0.15, 0.2) is 0 Å². The van der Waals surface area contributed by atoms with Crippen LogP contribution in [0.2, 0.25) is 0 Å².